The molecular weight excluding hydrogens is 296 g/mol. The van der Waals surface area contributed by atoms with Gasteiger partial charge in [-0.25, -0.2) is 9.59 Å². The van der Waals surface area contributed by atoms with Crippen molar-refractivity contribution in [3.63, 3.8) is 0 Å². The van der Waals surface area contributed by atoms with E-state index in [1.807, 2.05) is 0 Å². The van der Waals surface area contributed by atoms with Crippen LogP contribution in [0, 0.1) is 0 Å². The van der Waals surface area contributed by atoms with Crippen LogP contribution in [0.25, 0.3) is 0 Å². The van der Waals surface area contributed by atoms with Crippen LogP contribution >= 0.6 is 0 Å². The highest BCUT2D eigenvalue weighted by atomic mass is 16.6. The van der Waals surface area contributed by atoms with E-state index in [1.54, 1.807) is 12.1 Å². The molecule has 10 heteroatoms. The molecular formula is C12H14N4O6. The standard InChI is InChI=1S/C12H14N4O6/c13-8-4-2-1-3-6(8)7(10(17)22-12(15)19)5-9(16-20)21-11(14)18/h1-4,7,20H,5,13H2,(H2,14,18)(H2,15,19)/b16-9-. The lowest BCUT2D eigenvalue weighted by molar-refractivity contribution is -0.138. The first kappa shape index (κ1) is 16.8. The lowest BCUT2D eigenvalue weighted by atomic mass is 9.94. The summed E-state index contributed by atoms with van der Waals surface area (Å²) in [6.45, 7) is 0. The van der Waals surface area contributed by atoms with Gasteiger partial charge in [-0.05, 0) is 11.6 Å². The van der Waals surface area contributed by atoms with Crippen molar-refractivity contribution >= 4 is 29.7 Å². The molecule has 22 heavy (non-hydrogen) atoms. The van der Waals surface area contributed by atoms with Gasteiger partial charge in [0.1, 0.15) is 0 Å². The molecule has 1 atom stereocenters. The second-order valence-corrected chi connectivity index (χ2v) is 4.04. The van der Waals surface area contributed by atoms with Crippen LogP contribution in [0.4, 0.5) is 15.3 Å². The Bertz CT molecular complexity index is 615. The van der Waals surface area contributed by atoms with Gasteiger partial charge in [0.2, 0.25) is 5.90 Å². The van der Waals surface area contributed by atoms with Crippen LogP contribution in [0.5, 0.6) is 0 Å². The number of primary amides is 2. The van der Waals surface area contributed by atoms with Gasteiger partial charge in [0, 0.05) is 12.1 Å². The van der Waals surface area contributed by atoms with Crippen molar-refractivity contribution in [1.82, 2.24) is 0 Å². The number of para-hydroxylation sites is 1. The Morgan fingerprint density at radius 3 is 2.23 bits per heavy atom. The number of hydrogen-bond acceptors (Lipinski definition) is 8. The fourth-order valence-electron chi connectivity index (χ4n) is 1.71. The number of ether oxygens (including phenoxy) is 2. The first-order chi connectivity index (χ1) is 10.3. The first-order valence-electron chi connectivity index (χ1n) is 5.89. The third-order valence-corrected chi connectivity index (χ3v) is 2.57. The number of hydrogen-bond donors (Lipinski definition) is 4. The summed E-state index contributed by atoms with van der Waals surface area (Å²) in [5.41, 5.74) is 15.8. The predicted octanol–water partition coefficient (Wildman–Crippen LogP) is 0.247. The van der Waals surface area contributed by atoms with E-state index in [4.69, 9.17) is 22.4 Å². The maximum atomic E-state index is 12.0. The van der Waals surface area contributed by atoms with E-state index in [-0.39, 0.29) is 11.3 Å². The van der Waals surface area contributed by atoms with Crippen molar-refractivity contribution in [3.05, 3.63) is 29.8 Å². The van der Waals surface area contributed by atoms with Crippen molar-refractivity contribution in [2.45, 2.75) is 12.3 Å². The molecule has 0 fully saturated rings. The number of nitrogen functional groups attached to an aromatic ring is 1. The lowest BCUT2D eigenvalue weighted by Gasteiger charge is -2.16. The van der Waals surface area contributed by atoms with E-state index in [1.165, 1.54) is 12.1 Å². The smallest absolute Gasteiger partial charge is 0.408 e. The second kappa shape index (κ2) is 7.47. The zero-order valence-corrected chi connectivity index (χ0v) is 11.3. The van der Waals surface area contributed by atoms with E-state index in [2.05, 4.69) is 14.6 Å². The molecule has 1 aromatic carbocycles. The molecule has 0 heterocycles. The highest BCUT2D eigenvalue weighted by molar-refractivity contribution is 5.95. The van der Waals surface area contributed by atoms with Crippen LogP contribution in [0.3, 0.4) is 0 Å². The predicted molar refractivity (Wildman–Crippen MR) is 73.8 cm³/mol. The largest absolute Gasteiger partial charge is 0.412 e. The molecule has 0 saturated carbocycles. The SMILES string of the molecule is NC(=O)OC(=O)C(C/C(=N/O)OC(N)=O)c1ccccc1N. The minimum absolute atomic E-state index is 0.213. The molecule has 2 amide bonds. The van der Waals surface area contributed by atoms with Crippen LogP contribution in [-0.2, 0) is 14.3 Å². The zero-order chi connectivity index (χ0) is 16.7. The van der Waals surface area contributed by atoms with Crippen LogP contribution < -0.4 is 17.2 Å². The number of oxime groups is 1. The maximum Gasteiger partial charge on any atom is 0.412 e. The van der Waals surface area contributed by atoms with Crippen LogP contribution in [0.1, 0.15) is 17.9 Å². The summed E-state index contributed by atoms with van der Waals surface area (Å²) in [6.07, 6.45) is -2.99. The molecule has 0 spiro atoms. The van der Waals surface area contributed by atoms with E-state index >= 15 is 0 Å². The molecule has 0 saturated heterocycles. The van der Waals surface area contributed by atoms with Crippen molar-refractivity contribution in [2.24, 2.45) is 16.6 Å². The fourth-order valence-corrected chi connectivity index (χ4v) is 1.71. The number of rotatable bonds is 4. The van der Waals surface area contributed by atoms with Gasteiger partial charge in [-0.3, -0.25) is 4.79 Å². The minimum atomic E-state index is -1.32. The van der Waals surface area contributed by atoms with Gasteiger partial charge in [-0.15, -0.1) is 0 Å². The van der Waals surface area contributed by atoms with Gasteiger partial charge in [-0.2, -0.15) is 0 Å². The monoisotopic (exact) mass is 310 g/mol. The van der Waals surface area contributed by atoms with Gasteiger partial charge in [0.05, 0.1) is 5.92 Å². The summed E-state index contributed by atoms with van der Waals surface area (Å²) >= 11 is 0. The summed E-state index contributed by atoms with van der Waals surface area (Å²) in [6, 6.07) is 6.20. The van der Waals surface area contributed by atoms with E-state index in [0.717, 1.165) is 0 Å². The Balaban J connectivity index is 3.12. The topological polar surface area (TPSA) is 180 Å². The number of anilines is 1. The van der Waals surface area contributed by atoms with Gasteiger partial charge in [0.25, 0.3) is 0 Å². The first-order valence-corrected chi connectivity index (χ1v) is 5.89. The highest BCUT2D eigenvalue weighted by Gasteiger charge is 2.29. The average molecular weight is 310 g/mol. The Morgan fingerprint density at radius 2 is 1.73 bits per heavy atom. The Labute approximate surface area is 124 Å². The summed E-state index contributed by atoms with van der Waals surface area (Å²) in [5.74, 6) is -2.80. The number of amides is 2. The maximum absolute atomic E-state index is 12.0. The molecule has 0 aliphatic heterocycles. The van der Waals surface area contributed by atoms with Crippen LogP contribution in [-0.4, -0.2) is 29.3 Å². The van der Waals surface area contributed by atoms with Crippen molar-refractivity contribution < 1.29 is 29.1 Å². The van der Waals surface area contributed by atoms with E-state index in [0.29, 0.717) is 0 Å². The highest BCUT2D eigenvalue weighted by Crippen LogP contribution is 2.27. The second-order valence-electron chi connectivity index (χ2n) is 4.04. The normalized spacial score (nSPS) is 12.3. The Hall–Kier alpha value is -3.30. The van der Waals surface area contributed by atoms with E-state index in [9.17, 15) is 14.4 Å². The molecule has 118 valence electrons. The number of nitrogens with two attached hydrogens (primary N) is 3. The quantitative estimate of drug-likeness (QED) is 0.117. The summed E-state index contributed by atoms with van der Waals surface area (Å²) in [5, 5.41) is 11.5. The van der Waals surface area contributed by atoms with Crippen LogP contribution in [0.2, 0.25) is 0 Å². The van der Waals surface area contributed by atoms with Gasteiger partial charge >= 0.3 is 18.2 Å². The van der Waals surface area contributed by atoms with Crippen molar-refractivity contribution in [3.8, 4) is 0 Å². The summed E-state index contributed by atoms with van der Waals surface area (Å²) < 4.78 is 8.73. The molecule has 1 unspecified atom stereocenters. The summed E-state index contributed by atoms with van der Waals surface area (Å²) in [4.78, 5) is 33.4. The van der Waals surface area contributed by atoms with Crippen LogP contribution in [0.15, 0.2) is 29.4 Å². The zero-order valence-electron chi connectivity index (χ0n) is 11.3. The molecule has 0 aromatic heterocycles. The van der Waals surface area contributed by atoms with Crippen molar-refractivity contribution in [2.75, 3.05) is 5.73 Å². The summed E-state index contributed by atoms with van der Waals surface area (Å²) in [7, 11) is 0. The Morgan fingerprint density at radius 1 is 1.14 bits per heavy atom. The van der Waals surface area contributed by atoms with Gasteiger partial charge < -0.3 is 31.9 Å². The molecule has 0 aliphatic rings. The molecule has 1 aromatic rings. The average Bonchev–Trinajstić information content (AvgIpc) is 2.43. The third-order valence-electron chi connectivity index (χ3n) is 2.57. The number of carbonyl (C=O) groups is 3. The number of nitrogens with zero attached hydrogens (tertiary/aromatic N) is 1. The number of benzene rings is 1. The molecule has 10 nitrogen and oxygen atoms in total. The molecule has 1 rings (SSSR count). The molecule has 0 bridgehead atoms. The molecule has 0 radical (unpaired) electrons. The molecule has 0 aliphatic carbocycles. The van der Waals surface area contributed by atoms with E-state index < -0.39 is 36.4 Å². The minimum Gasteiger partial charge on any atom is -0.408 e. The fraction of sp³-hybridized carbons (Fsp3) is 0.167. The number of esters is 1. The van der Waals surface area contributed by atoms with Gasteiger partial charge in [-0.1, -0.05) is 23.4 Å². The van der Waals surface area contributed by atoms with Gasteiger partial charge in [0.15, 0.2) is 0 Å². The van der Waals surface area contributed by atoms with Crippen molar-refractivity contribution in [1.29, 1.82) is 0 Å². The Kier molecular flexibility index (Phi) is 5.69. The molecule has 7 N–H and O–H groups in total. The lowest BCUT2D eigenvalue weighted by Crippen LogP contribution is -2.28. The third kappa shape index (κ3) is 4.67. The number of carbonyl (C=O) groups excluding carboxylic acids is 3.